The molecule has 2 atom stereocenters. The van der Waals surface area contributed by atoms with E-state index >= 15 is 0 Å². The number of rotatable bonds is 3. The highest BCUT2D eigenvalue weighted by molar-refractivity contribution is 5.99. The molecule has 3 heterocycles. The molecule has 5 heteroatoms. The molecule has 22 heavy (non-hydrogen) atoms. The Balaban J connectivity index is 1.57. The number of ketones is 1. The molecule has 1 aromatic rings. The van der Waals surface area contributed by atoms with Crippen LogP contribution in [0.2, 0.25) is 0 Å². The van der Waals surface area contributed by atoms with Crippen molar-refractivity contribution in [3.8, 4) is 0 Å². The molecule has 3 saturated heterocycles. The van der Waals surface area contributed by atoms with Crippen LogP contribution in [0.4, 0.5) is 0 Å². The van der Waals surface area contributed by atoms with Crippen molar-refractivity contribution >= 4 is 5.78 Å². The van der Waals surface area contributed by atoms with Crippen LogP contribution in [0.25, 0.3) is 0 Å². The summed E-state index contributed by atoms with van der Waals surface area (Å²) in [7, 11) is 0. The van der Waals surface area contributed by atoms with Gasteiger partial charge in [0.1, 0.15) is 0 Å². The first kappa shape index (κ1) is 14.3. The highest BCUT2D eigenvalue weighted by atomic mass is 16.7. The molecule has 0 amide bonds. The van der Waals surface area contributed by atoms with Crippen molar-refractivity contribution in [2.75, 3.05) is 26.4 Å². The molecule has 3 aliphatic heterocycles. The SMILES string of the molecule is O=C(c1ccccc1C1OCCO1)C1CC2COCC(C1)N2. The van der Waals surface area contributed by atoms with Crippen LogP contribution < -0.4 is 5.32 Å². The summed E-state index contributed by atoms with van der Waals surface area (Å²) < 4.78 is 16.7. The van der Waals surface area contributed by atoms with E-state index in [2.05, 4.69) is 5.32 Å². The lowest BCUT2D eigenvalue weighted by Gasteiger charge is -2.39. The van der Waals surface area contributed by atoms with Crippen LogP contribution >= 0.6 is 0 Å². The van der Waals surface area contributed by atoms with Crippen molar-refractivity contribution in [1.29, 1.82) is 0 Å². The molecule has 118 valence electrons. The van der Waals surface area contributed by atoms with E-state index < -0.39 is 6.29 Å². The number of ether oxygens (including phenoxy) is 3. The van der Waals surface area contributed by atoms with Gasteiger partial charge in [0.05, 0.1) is 26.4 Å². The maximum absolute atomic E-state index is 13.0. The molecule has 0 spiro atoms. The standard InChI is InChI=1S/C17H21NO4/c19-16(11-7-12-9-20-10-13(8-11)18-12)14-3-1-2-4-15(14)17-21-5-6-22-17/h1-4,11-13,17-18H,5-10H2. The number of hydrogen-bond donors (Lipinski definition) is 1. The number of carbonyl (C=O) groups excluding carboxylic acids is 1. The van der Waals surface area contributed by atoms with E-state index in [-0.39, 0.29) is 11.7 Å². The minimum Gasteiger partial charge on any atom is -0.378 e. The van der Waals surface area contributed by atoms with E-state index in [1.807, 2.05) is 24.3 Å². The van der Waals surface area contributed by atoms with E-state index in [0.717, 1.165) is 24.0 Å². The van der Waals surface area contributed by atoms with Crippen LogP contribution in [0.1, 0.15) is 35.1 Å². The molecule has 0 radical (unpaired) electrons. The predicted octanol–water partition coefficient (Wildman–Crippen LogP) is 1.68. The molecule has 3 aliphatic rings. The van der Waals surface area contributed by atoms with Crippen molar-refractivity contribution in [2.24, 2.45) is 5.92 Å². The Hall–Kier alpha value is -1.27. The second-order valence-corrected chi connectivity index (χ2v) is 6.29. The van der Waals surface area contributed by atoms with E-state index in [1.165, 1.54) is 0 Å². The first-order chi connectivity index (χ1) is 10.8. The van der Waals surface area contributed by atoms with Crippen LogP contribution in [-0.2, 0) is 14.2 Å². The molecule has 0 aromatic heterocycles. The predicted molar refractivity (Wildman–Crippen MR) is 79.7 cm³/mol. The van der Waals surface area contributed by atoms with Crippen LogP contribution in [-0.4, -0.2) is 44.3 Å². The molecule has 4 rings (SSSR count). The van der Waals surface area contributed by atoms with Gasteiger partial charge in [-0.2, -0.15) is 0 Å². The largest absolute Gasteiger partial charge is 0.378 e. The van der Waals surface area contributed by atoms with Gasteiger partial charge in [-0.25, -0.2) is 0 Å². The lowest BCUT2D eigenvalue weighted by atomic mass is 9.81. The van der Waals surface area contributed by atoms with Crippen LogP contribution in [0.3, 0.4) is 0 Å². The zero-order chi connectivity index (χ0) is 14.9. The number of benzene rings is 1. The average Bonchev–Trinajstić information content (AvgIpc) is 3.08. The number of hydrogen-bond acceptors (Lipinski definition) is 5. The Bertz CT molecular complexity index is 543. The summed E-state index contributed by atoms with van der Waals surface area (Å²) in [5.74, 6) is 0.274. The highest BCUT2D eigenvalue weighted by Crippen LogP contribution is 2.32. The summed E-state index contributed by atoms with van der Waals surface area (Å²) in [6.45, 7) is 2.58. The number of carbonyl (C=O) groups is 1. The summed E-state index contributed by atoms with van der Waals surface area (Å²) in [5.41, 5.74) is 1.62. The number of nitrogens with one attached hydrogen (secondary N) is 1. The highest BCUT2D eigenvalue weighted by Gasteiger charge is 2.36. The van der Waals surface area contributed by atoms with Crippen molar-refractivity contribution < 1.29 is 19.0 Å². The summed E-state index contributed by atoms with van der Waals surface area (Å²) in [5, 5.41) is 3.53. The Morgan fingerprint density at radius 3 is 2.45 bits per heavy atom. The van der Waals surface area contributed by atoms with E-state index in [1.54, 1.807) is 0 Å². The van der Waals surface area contributed by atoms with Gasteiger partial charge in [0.2, 0.25) is 0 Å². The third kappa shape index (κ3) is 2.70. The van der Waals surface area contributed by atoms with E-state index in [9.17, 15) is 4.79 Å². The Kier molecular flexibility index (Phi) is 3.96. The molecule has 1 N–H and O–H groups in total. The van der Waals surface area contributed by atoms with E-state index in [0.29, 0.717) is 38.5 Å². The Morgan fingerprint density at radius 2 is 1.73 bits per heavy atom. The minimum atomic E-state index is -0.398. The lowest BCUT2D eigenvalue weighted by molar-refractivity contribution is -0.0446. The lowest BCUT2D eigenvalue weighted by Crippen LogP contribution is -2.55. The maximum atomic E-state index is 13.0. The van der Waals surface area contributed by atoms with Gasteiger partial charge >= 0.3 is 0 Å². The summed E-state index contributed by atoms with van der Waals surface area (Å²) in [6.07, 6.45) is 1.29. The van der Waals surface area contributed by atoms with Crippen molar-refractivity contribution in [3.05, 3.63) is 35.4 Å². The van der Waals surface area contributed by atoms with Crippen LogP contribution in [0.5, 0.6) is 0 Å². The molecular weight excluding hydrogens is 282 g/mol. The van der Waals surface area contributed by atoms with E-state index in [4.69, 9.17) is 14.2 Å². The summed E-state index contributed by atoms with van der Waals surface area (Å²) >= 11 is 0. The minimum absolute atomic E-state index is 0.0581. The summed E-state index contributed by atoms with van der Waals surface area (Å²) in [6, 6.07) is 8.28. The second-order valence-electron chi connectivity index (χ2n) is 6.29. The second kappa shape index (κ2) is 6.08. The third-order valence-electron chi connectivity index (χ3n) is 4.72. The monoisotopic (exact) mass is 303 g/mol. The van der Waals surface area contributed by atoms with Gasteiger partial charge in [0, 0.05) is 29.1 Å². The number of fused-ring (bicyclic) bond motifs is 2. The zero-order valence-electron chi connectivity index (χ0n) is 12.5. The fourth-order valence-corrected chi connectivity index (χ4v) is 3.74. The third-order valence-corrected chi connectivity index (χ3v) is 4.72. The molecule has 0 aliphatic carbocycles. The van der Waals surface area contributed by atoms with Gasteiger partial charge in [-0.15, -0.1) is 0 Å². The molecule has 3 fully saturated rings. The van der Waals surface area contributed by atoms with Gasteiger partial charge in [0.15, 0.2) is 12.1 Å². The normalized spacial score (nSPS) is 32.1. The number of piperidine rings is 1. The molecule has 0 saturated carbocycles. The summed E-state index contributed by atoms with van der Waals surface area (Å²) in [4.78, 5) is 13.0. The zero-order valence-corrected chi connectivity index (χ0v) is 12.5. The van der Waals surface area contributed by atoms with Gasteiger partial charge in [-0.3, -0.25) is 4.79 Å². The number of Topliss-reactive ketones (excluding diaryl/α,β-unsaturated/α-hetero) is 1. The van der Waals surface area contributed by atoms with Crippen LogP contribution in [0, 0.1) is 5.92 Å². The first-order valence-corrected chi connectivity index (χ1v) is 8.01. The fourth-order valence-electron chi connectivity index (χ4n) is 3.74. The molecule has 2 unspecified atom stereocenters. The van der Waals surface area contributed by atoms with Gasteiger partial charge in [0.25, 0.3) is 0 Å². The quantitative estimate of drug-likeness (QED) is 0.861. The van der Waals surface area contributed by atoms with Crippen LogP contribution in [0.15, 0.2) is 24.3 Å². The average molecular weight is 303 g/mol. The van der Waals surface area contributed by atoms with Gasteiger partial charge in [-0.1, -0.05) is 24.3 Å². The Morgan fingerprint density at radius 1 is 1.05 bits per heavy atom. The number of morpholine rings is 1. The molecule has 1 aromatic carbocycles. The van der Waals surface area contributed by atoms with Crippen molar-refractivity contribution in [1.82, 2.24) is 5.32 Å². The van der Waals surface area contributed by atoms with Gasteiger partial charge < -0.3 is 19.5 Å². The van der Waals surface area contributed by atoms with Crippen molar-refractivity contribution in [3.63, 3.8) is 0 Å². The molecular formula is C17H21NO4. The fraction of sp³-hybridized carbons (Fsp3) is 0.588. The smallest absolute Gasteiger partial charge is 0.184 e. The topological polar surface area (TPSA) is 56.8 Å². The Labute approximate surface area is 129 Å². The maximum Gasteiger partial charge on any atom is 0.184 e. The first-order valence-electron chi connectivity index (χ1n) is 8.01. The molecule has 5 nitrogen and oxygen atoms in total. The molecule has 2 bridgehead atoms. The van der Waals surface area contributed by atoms with Gasteiger partial charge in [-0.05, 0) is 12.8 Å². The van der Waals surface area contributed by atoms with Crippen molar-refractivity contribution in [2.45, 2.75) is 31.2 Å².